The van der Waals surface area contributed by atoms with Crippen LogP contribution >= 0.6 is 0 Å². The van der Waals surface area contributed by atoms with Crippen LogP contribution in [0, 0.1) is 0 Å². The Morgan fingerprint density at radius 1 is 1.13 bits per heavy atom. The summed E-state index contributed by atoms with van der Waals surface area (Å²) in [5.41, 5.74) is 2.46. The fourth-order valence-corrected chi connectivity index (χ4v) is 2.40. The Bertz CT molecular complexity index is 842. The molecule has 0 atom stereocenters. The van der Waals surface area contributed by atoms with E-state index < -0.39 is 0 Å². The zero-order chi connectivity index (χ0) is 16.2. The lowest BCUT2D eigenvalue weighted by Gasteiger charge is -2.10. The van der Waals surface area contributed by atoms with Crippen LogP contribution in [0.4, 0.5) is 5.69 Å². The highest BCUT2D eigenvalue weighted by atomic mass is 16.5. The van der Waals surface area contributed by atoms with Gasteiger partial charge in [0, 0.05) is 11.1 Å². The fourth-order valence-electron chi connectivity index (χ4n) is 2.40. The molecule has 0 aliphatic carbocycles. The van der Waals surface area contributed by atoms with Gasteiger partial charge in [0.2, 0.25) is 5.91 Å². The molecule has 0 saturated heterocycles. The highest BCUT2D eigenvalue weighted by Crippen LogP contribution is 2.27. The van der Waals surface area contributed by atoms with Gasteiger partial charge in [-0.15, -0.1) is 0 Å². The number of benzene rings is 2. The lowest BCUT2D eigenvalue weighted by Crippen LogP contribution is -2.14. The molecule has 6 nitrogen and oxygen atoms in total. The number of aromatic amines is 1. The molecule has 3 aromatic rings. The number of hydrogen-bond acceptors (Lipinski definition) is 4. The van der Waals surface area contributed by atoms with E-state index in [1.165, 1.54) is 0 Å². The second-order valence-electron chi connectivity index (χ2n) is 5.09. The standard InChI is InChI=1S/C17H17N3O3/c1-22-15-6-3-11(7-16(15)23-2)8-17(21)19-13-5-4-12-10-18-20-14(12)9-13/h3-7,9-10H,8H2,1-2H3,(H,18,20)(H,19,21). The second kappa shape index (κ2) is 6.39. The average Bonchev–Trinajstić information content (AvgIpc) is 3.02. The number of rotatable bonds is 5. The van der Waals surface area contributed by atoms with Crippen molar-refractivity contribution in [2.75, 3.05) is 19.5 Å². The van der Waals surface area contributed by atoms with Crippen LogP contribution in [0.3, 0.4) is 0 Å². The first-order valence-electron chi connectivity index (χ1n) is 7.13. The Balaban J connectivity index is 1.71. The average molecular weight is 311 g/mol. The van der Waals surface area contributed by atoms with Crippen molar-refractivity contribution in [3.63, 3.8) is 0 Å². The molecule has 0 unspecified atom stereocenters. The molecule has 0 bridgehead atoms. The number of fused-ring (bicyclic) bond motifs is 1. The minimum atomic E-state index is -0.101. The zero-order valence-electron chi connectivity index (χ0n) is 12.9. The van der Waals surface area contributed by atoms with Crippen LogP contribution < -0.4 is 14.8 Å². The van der Waals surface area contributed by atoms with Crippen molar-refractivity contribution in [1.29, 1.82) is 0 Å². The molecule has 0 spiro atoms. The summed E-state index contributed by atoms with van der Waals surface area (Å²) in [5, 5.41) is 10.7. The van der Waals surface area contributed by atoms with E-state index >= 15 is 0 Å². The molecule has 1 amide bonds. The highest BCUT2D eigenvalue weighted by Gasteiger charge is 2.09. The number of aromatic nitrogens is 2. The van der Waals surface area contributed by atoms with Gasteiger partial charge in [0.15, 0.2) is 11.5 Å². The smallest absolute Gasteiger partial charge is 0.228 e. The van der Waals surface area contributed by atoms with E-state index in [4.69, 9.17) is 9.47 Å². The van der Waals surface area contributed by atoms with E-state index in [2.05, 4.69) is 15.5 Å². The van der Waals surface area contributed by atoms with E-state index in [0.29, 0.717) is 11.5 Å². The van der Waals surface area contributed by atoms with Crippen molar-refractivity contribution in [2.24, 2.45) is 0 Å². The predicted octanol–water partition coefficient (Wildman–Crippen LogP) is 2.76. The number of carbonyl (C=O) groups is 1. The van der Waals surface area contributed by atoms with E-state index in [-0.39, 0.29) is 12.3 Å². The number of nitrogens with zero attached hydrogens (tertiary/aromatic N) is 1. The lowest BCUT2D eigenvalue weighted by atomic mass is 10.1. The monoisotopic (exact) mass is 311 g/mol. The molecule has 23 heavy (non-hydrogen) atoms. The van der Waals surface area contributed by atoms with Gasteiger partial charge in [0.1, 0.15) is 0 Å². The van der Waals surface area contributed by atoms with Crippen molar-refractivity contribution in [3.05, 3.63) is 48.2 Å². The first-order chi connectivity index (χ1) is 11.2. The number of ether oxygens (including phenoxy) is 2. The normalized spacial score (nSPS) is 10.5. The summed E-state index contributed by atoms with van der Waals surface area (Å²) >= 11 is 0. The summed E-state index contributed by atoms with van der Waals surface area (Å²) in [5.74, 6) is 1.15. The van der Waals surface area contributed by atoms with Crippen molar-refractivity contribution in [3.8, 4) is 11.5 Å². The summed E-state index contributed by atoms with van der Waals surface area (Å²) in [6, 6.07) is 11.1. The molecular formula is C17H17N3O3. The largest absolute Gasteiger partial charge is 0.493 e. The number of amides is 1. The van der Waals surface area contributed by atoms with Gasteiger partial charge in [-0.3, -0.25) is 9.89 Å². The molecule has 0 fully saturated rings. The van der Waals surface area contributed by atoms with Crippen molar-refractivity contribution in [2.45, 2.75) is 6.42 Å². The zero-order valence-corrected chi connectivity index (χ0v) is 12.9. The summed E-state index contributed by atoms with van der Waals surface area (Å²) in [6.07, 6.45) is 1.99. The lowest BCUT2D eigenvalue weighted by molar-refractivity contribution is -0.115. The summed E-state index contributed by atoms with van der Waals surface area (Å²) in [4.78, 5) is 12.2. The highest BCUT2D eigenvalue weighted by molar-refractivity contribution is 5.94. The summed E-state index contributed by atoms with van der Waals surface area (Å²) in [6.45, 7) is 0. The van der Waals surface area contributed by atoms with Gasteiger partial charge < -0.3 is 14.8 Å². The molecule has 1 heterocycles. The molecule has 0 saturated carbocycles. The van der Waals surface area contributed by atoms with Gasteiger partial charge in [-0.05, 0) is 35.9 Å². The van der Waals surface area contributed by atoms with Crippen LogP contribution in [-0.2, 0) is 11.2 Å². The number of anilines is 1. The number of nitrogens with one attached hydrogen (secondary N) is 2. The number of carbonyl (C=O) groups excluding carboxylic acids is 1. The predicted molar refractivity (Wildman–Crippen MR) is 88.0 cm³/mol. The number of H-pyrrole nitrogens is 1. The van der Waals surface area contributed by atoms with Crippen LogP contribution in [-0.4, -0.2) is 30.3 Å². The first kappa shape index (κ1) is 14.9. The maximum absolute atomic E-state index is 12.2. The van der Waals surface area contributed by atoms with Gasteiger partial charge in [-0.2, -0.15) is 5.10 Å². The molecule has 2 N–H and O–H groups in total. The van der Waals surface area contributed by atoms with Crippen molar-refractivity contribution >= 4 is 22.5 Å². The first-order valence-corrected chi connectivity index (χ1v) is 7.13. The minimum absolute atomic E-state index is 0.101. The Morgan fingerprint density at radius 3 is 2.74 bits per heavy atom. The third kappa shape index (κ3) is 3.26. The summed E-state index contributed by atoms with van der Waals surface area (Å²) in [7, 11) is 3.15. The molecule has 0 aliphatic rings. The van der Waals surface area contributed by atoms with Gasteiger partial charge >= 0.3 is 0 Å². The van der Waals surface area contributed by atoms with Gasteiger partial charge in [0.25, 0.3) is 0 Å². The minimum Gasteiger partial charge on any atom is -0.493 e. The third-order valence-corrected chi connectivity index (χ3v) is 3.54. The molecule has 0 aliphatic heterocycles. The van der Waals surface area contributed by atoms with Crippen LogP contribution in [0.2, 0.25) is 0 Å². The molecule has 1 aromatic heterocycles. The van der Waals surface area contributed by atoms with E-state index in [1.54, 1.807) is 32.5 Å². The number of methoxy groups -OCH3 is 2. The Labute approximate surface area is 133 Å². The molecular weight excluding hydrogens is 294 g/mol. The third-order valence-electron chi connectivity index (χ3n) is 3.54. The Kier molecular flexibility index (Phi) is 4.14. The van der Waals surface area contributed by atoms with E-state index in [9.17, 15) is 4.79 Å². The molecule has 3 rings (SSSR count). The molecule has 0 radical (unpaired) electrons. The maximum Gasteiger partial charge on any atom is 0.228 e. The Hall–Kier alpha value is -3.02. The summed E-state index contributed by atoms with van der Waals surface area (Å²) < 4.78 is 10.4. The van der Waals surface area contributed by atoms with Gasteiger partial charge in [-0.25, -0.2) is 0 Å². The molecule has 118 valence electrons. The Morgan fingerprint density at radius 2 is 1.96 bits per heavy atom. The fraction of sp³-hybridized carbons (Fsp3) is 0.176. The second-order valence-corrected chi connectivity index (χ2v) is 5.09. The van der Waals surface area contributed by atoms with Crippen molar-refractivity contribution < 1.29 is 14.3 Å². The van der Waals surface area contributed by atoms with Crippen LogP contribution in [0.15, 0.2) is 42.6 Å². The van der Waals surface area contributed by atoms with E-state index in [0.717, 1.165) is 22.2 Å². The SMILES string of the molecule is COc1ccc(CC(=O)Nc2ccc3cn[nH]c3c2)cc1OC. The molecule has 2 aromatic carbocycles. The van der Waals surface area contributed by atoms with Crippen LogP contribution in [0.1, 0.15) is 5.56 Å². The van der Waals surface area contributed by atoms with Crippen LogP contribution in [0.5, 0.6) is 11.5 Å². The topological polar surface area (TPSA) is 76.2 Å². The molecule has 6 heteroatoms. The van der Waals surface area contributed by atoms with Crippen molar-refractivity contribution in [1.82, 2.24) is 10.2 Å². The number of hydrogen-bond donors (Lipinski definition) is 2. The van der Waals surface area contributed by atoms with E-state index in [1.807, 2.05) is 24.3 Å². The van der Waals surface area contributed by atoms with Gasteiger partial charge in [0.05, 0.1) is 32.4 Å². The quantitative estimate of drug-likeness (QED) is 0.759. The maximum atomic E-state index is 12.2. The van der Waals surface area contributed by atoms with Gasteiger partial charge in [-0.1, -0.05) is 6.07 Å². The van der Waals surface area contributed by atoms with Crippen LogP contribution in [0.25, 0.3) is 10.9 Å².